The van der Waals surface area contributed by atoms with Gasteiger partial charge in [-0.05, 0) is 89.1 Å². The number of aryl methyl sites for hydroxylation is 2. The SMILES string of the molecule is Cc1ccc(S(=O)(=O)N(CC(=O)N(Cc2ccc(Cl)cc2Cl)[C@@H](C)C(=O)NC(C)(C)C)c2ccc(C)c(Cl)c2)cc1. The molecule has 7 nitrogen and oxygen atoms in total. The molecule has 1 N–H and O–H groups in total. The molecule has 220 valence electrons. The van der Waals surface area contributed by atoms with Crippen LogP contribution in [0.15, 0.2) is 65.6 Å². The molecular weight excluding hydrogens is 605 g/mol. The molecular formula is C30H34Cl3N3O4S. The summed E-state index contributed by atoms with van der Waals surface area (Å²) < 4.78 is 28.9. The van der Waals surface area contributed by atoms with E-state index in [0.29, 0.717) is 20.6 Å². The molecule has 1 atom stereocenters. The van der Waals surface area contributed by atoms with E-state index >= 15 is 0 Å². The molecule has 3 aromatic carbocycles. The van der Waals surface area contributed by atoms with Gasteiger partial charge in [-0.2, -0.15) is 0 Å². The van der Waals surface area contributed by atoms with Crippen molar-refractivity contribution >= 4 is 62.3 Å². The predicted octanol–water partition coefficient (Wildman–Crippen LogP) is 6.79. The molecule has 0 saturated heterocycles. The van der Waals surface area contributed by atoms with Gasteiger partial charge in [0.05, 0.1) is 10.6 Å². The maximum Gasteiger partial charge on any atom is 0.264 e. The zero-order valence-corrected chi connectivity index (χ0v) is 26.9. The van der Waals surface area contributed by atoms with E-state index in [2.05, 4.69) is 5.32 Å². The molecule has 0 aliphatic rings. The highest BCUT2D eigenvalue weighted by atomic mass is 35.5. The first-order valence-electron chi connectivity index (χ1n) is 12.9. The third-order valence-corrected chi connectivity index (χ3v) is 9.13. The third-order valence-electron chi connectivity index (χ3n) is 6.35. The summed E-state index contributed by atoms with van der Waals surface area (Å²) in [5, 5.41) is 3.97. The molecule has 3 aromatic rings. The van der Waals surface area contributed by atoms with Crippen molar-refractivity contribution in [2.24, 2.45) is 0 Å². The second-order valence-electron chi connectivity index (χ2n) is 10.9. The number of amides is 2. The Hall–Kier alpha value is -2.78. The van der Waals surface area contributed by atoms with Gasteiger partial charge in [0, 0.05) is 27.2 Å². The summed E-state index contributed by atoms with van der Waals surface area (Å²) in [5.74, 6) is -1.01. The molecule has 11 heteroatoms. The number of benzene rings is 3. The maximum atomic E-state index is 14.0. The van der Waals surface area contributed by atoms with Crippen LogP contribution in [-0.4, -0.2) is 43.3 Å². The van der Waals surface area contributed by atoms with Crippen LogP contribution in [0.4, 0.5) is 5.69 Å². The summed E-state index contributed by atoms with van der Waals surface area (Å²) in [6.07, 6.45) is 0. The lowest BCUT2D eigenvalue weighted by Crippen LogP contribution is -2.54. The highest BCUT2D eigenvalue weighted by Crippen LogP contribution is 2.29. The highest BCUT2D eigenvalue weighted by Gasteiger charge is 2.33. The van der Waals surface area contributed by atoms with E-state index in [9.17, 15) is 18.0 Å². The number of hydrogen-bond acceptors (Lipinski definition) is 4. The van der Waals surface area contributed by atoms with Gasteiger partial charge >= 0.3 is 0 Å². The number of nitrogens with zero attached hydrogens (tertiary/aromatic N) is 2. The topological polar surface area (TPSA) is 86.8 Å². The van der Waals surface area contributed by atoms with Gasteiger partial charge in [-0.15, -0.1) is 0 Å². The van der Waals surface area contributed by atoms with Gasteiger partial charge in [0.1, 0.15) is 12.6 Å². The lowest BCUT2D eigenvalue weighted by atomic mass is 10.1. The lowest BCUT2D eigenvalue weighted by molar-refractivity contribution is -0.140. The molecule has 0 spiro atoms. The number of nitrogens with one attached hydrogen (secondary N) is 1. The molecule has 0 bridgehead atoms. The van der Waals surface area contributed by atoms with Crippen molar-refractivity contribution in [1.82, 2.24) is 10.2 Å². The fourth-order valence-corrected chi connectivity index (χ4v) is 6.04. The van der Waals surface area contributed by atoms with E-state index in [1.165, 1.54) is 23.1 Å². The normalized spacial score (nSPS) is 12.5. The van der Waals surface area contributed by atoms with E-state index < -0.39 is 40.0 Å². The van der Waals surface area contributed by atoms with Crippen molar-refractivity contribution in [2.45, 2.75) is 64.6 Å². The van der Waals surface area contributed by atoms with Crippen LogP contribution < -0.4 is 9.62 Å². The number of sulfonamides is 1. The fraction of sp³-hybridized carbons (Fsp3) is 0.333. The molecule has 0 radical (unpaired) electrons. The Balaban J connectivity index is 2.09. The van der Waals surface area contributed by atoms with Crippen LogP contribution in [0.3, 0.4) is 0 Å². The summed E-state index contributed by atoms with van der Waals surface area (Å²) in [6, 6.07) is 15.0. The fourth-order valence-electron chi connectivity index (χ4n) is 3.99. The molecule has 0 aromatic heterocycles. The average molecular weight is 639 g/mol. The molecule has 0 saturated carbocycles. The third kappa shape index (κ3) is 8.38. The zero-order valence-electron chi connectivity index (χ0n) is 23.8. The van der Waals surface area contributed by atoms with Crippen molar-refractivity contribution < 1.29 is 18.0 Å². The predicted molar refractivity (Wildman–Crippen MR) is 166 cm³/mol. The van der Waals surface area contributed by atoms with Crippen molar-refractivity contribution in [3.63, 3.8) is 0 Å². The van der Waals surface area contributed by atoms with Gasteiger partial charge in [-0.25, -0.2) is 8.42 Å². The van der Waals surface area contributed by atoms with Gasteiger partial charge in [-0.1, -0.05) is 64.6 Å². The van der Waals surface area contributed by atoms with E-state index in [0.717, 1.165) is 15.4 Å². The van der Waals surface area contributed by atoms with E-state index in [1.807, 2.05) is 27.7 Å². The number of rotatable bonds is 9. The first-order chi connectivity index (χ1) is 19.0. The Morgan fingerprint density at radius 2 is 1.54 bits per heavy atom. The molecule has 41 heavy (non-hydrogen) atoms. The van der Waals surface area contributed by atoms with Crippen LogP contribution in [0.1, 0.15) is 44.4 Å². The Morgan fingerprint density at radius 1 is 0.902 bits per heavy atom. The number of carbonyl (C=O) groups excluding carboxylic acids is 2. The van der Waals surface area contributed by atoms with Crippen molar-refractivity contribution in [1.29, 1.82) is 0 Å². The molecule has 0 aliphatic carbocycles. The van der Waals surface area contributed by atoms with Crippen LogP contribution in [0.5, 0.6) is 0 Å². The van der Waals surface area contributed by atoms with Crippen molar-refractivity contribution in [3.05, 3.63) is 92.4 Å². The van der Waals surface area contributed by atoms with Gasteiger partial charge in [0.25, 0.3) is 10.0 Å². The zero-order chi connectivity index (χ0) is 30.7. The first-order valence-corrected chi connectivity index (χ1v) is 15.5. The van der Waals surface area contributed by atoms with Gasteiger partial charge in [-0.3, -0.25) is 13.9 Å². The molecule has 0 heterocycles. The monoisotopic (exact) mass is 637 g/mol. The number of anilines is 1. The summed E-state index contributed by atoms with van der Waals surface area (Å²) in [7, 11) is -4.21. The molecule has 0 aliphatic heterocycles. The molecule has 3 rings (SSSR count). The largest absolute Gasteiger partial charge is 0.350 e. The van der Waals surface area contributed by atoms with Crippen LogP contribution >= 0.6 is 34.8 Å². The van der Waals surface area contributed by atoms with Crippen LogP contribution in [-0.2, 0) is 26.2 Å². The minimum absolute atomic E-state index is 0.0124. The highest BCUT2D eigenvalue weighted by molar-refractivity contribution is 7.92. The summed E-state index contributed by atoms with van der Waals surface area (Å²) in [5.41, 5.74) is 1.84. The summed E-state index contributed by atoms with van der Waals surface area (Å²) in [6.45, 7) is 10.1. The quantitative estimate of drug-likeness (QED) is 0.280. The van der Waals surface area contributed by atoms with Crippen LogP contribution in [0.2, 0.25) is 15.1 Å². The minimum Gasteiger partial charge on any atom is -0.350 e. The van der Waals surface area contributed by atoms with Gasteiger partial charge in [0.15, 0.2) is 0 Å². The van der Waals surface area contributed by atoms with E-state index in [1.54, 1.807) is 56.3 Å². The second kappa shape index (κ2) is 13.0. The van der Waals surface area contributed by atoms with Gasteiger partial charge < -0.3 is 10.2 Å². The van der Waals surface area contributed by atoms with Crippen LogP contribution in [0, 0.1) is 13.8 Å². The average Bonchev–Trinajstić information content (AvgIpc) is 2.87. The number of carbonyl (C=O) groups is 2. The standard InChI is InChI=1S/C30H34Cl3N3O4S/c1-19-7-13-25(14-8-19)41(39,40)36(24-12-9-20(2)26(32)16-24)18-28(37)35(21(3)29(38)34-30(4,5)6)17-22-10-11-23(31)15-27(22)33/h7-16,21H,17-18H2,1-6H3,(H,34,38)/t21-/m0/s1. The number of halogens is 3. The van der Waals surface area contributed by atoms with E-state index in [-0.39, 0.29) is 17.1 Å². The Morgan fingerprint density at radius 3 is 2.10 bits per heavy atom. The lowest BCUT2D eigenvalue weighted by Gasteiger charge is -2.33. The molecule has 0 unspecified atom stereocenters. The Bertz CT molecular complexity index is 1540. The first kappa shape index (κ1) is 32.7. The smallest absolute Gasteiger partial charge is 0.264 e. The van der Waals surface area contributed by atoms with Crippen LogP contribution in [0.25, 0.3) is 0 Å². The Labute approximate surface area is 257 Å². The van der Waals surface area contributed by atoms with E-state index in [4.69, 9.17) is 34.8 Å². The minimum atomic E-state index is -4.21. The summed E-state index contributed by atoms with van der Waals surface area (Å²) in [4.78, 5) is 28.6. The maximum absolute atomic E-state index is 14.0. The molecule has 0 fully saturated rings. The number of hydrogen-bond donors (Lipinski definition) is 1. The Kier molecular flexibility index (Phi) is 10.4. The van der Waals surface area contributed by atoms with Crippen molar-refractivity contribution in [2.75, 3.05) is 10.8 Å². The summed E-state index contributed by atoms with van der Waals surface area (Å²) >= 11 is 18.9. The van der Waals surface area contributed by atoms with Crippen molar-refractivity contribution in [3.8, 4) is 0 Å². The van der Waals surface area contributed by atoms with Gasteiger partial charge in [0.2, 0.25) is 11.8 Å². The second-order valence-corrected chi connectivity index (χ2v) is 14.0. The molecule has 2 amide bonds.